The van der Waals surface area contributed by atoms with Gasteiger partial charge in [-0.25, -0.2) is 0 Å². The molecule has 2 heteroatoms. The predicted octanol–water partition coefficient (Wildman–Crippen LogP) is 2.71. The Balaban J connectivity index is 3.14. The molecule has 1 aromatic rings. The van der Waals surface area contributed by atoms with Crippen LogP contribution in [0.5, 0.6) is 5.75 Å². The Morgan fingerprint density at radius 3 is 2.50 bits per heavy atom. The van der Waals surface area contributed by atoms with Gasteiger partial charge in [-0.3, -0.25) is 0 Å². The van der Waals surface area contributed by atoms with Crippen molar-refractivity contribution in [3.63, 3.8) is 0 Å². The van der Waals surface area contributed by atoms with Crippen molar-refractivity contribution in [3.05, 3.63) is 23.8 Å². The van der Waals surface area contributed by atoms with E-state index in [0.717, 1.165) is 18.6 Å². The minimum Gasteiger partial charge on any atom is -0.495 e. The second-order valence-electron chi connectivity index (χ2n) is 3.61. The van der Waals surface area contributed by atoms with E-state index in [1.165, 1.54) is 11.3 Å². The van der Waals surface area contributed by atoms with Gasteiger partial charge < -0.3 is 9.64 Å². The SMILES string of the molecule is CCCc1cccc(OC)c1N(C)C. The van der Waals surface area contributed by atoms with Crippen molar-refractivity contribution >= 4 is 5.69 Å². The fraction of sp³-hybridized carbons (Fsp3) is 0.500. The lowest BCUT2D eigenvalue weighted by atomic mass is 10.1. The van der Waals surface area contributed by atoms with Crippen LogP contribution in [-0.4, -0.2) is 21.2 Å². The fourth-order valence-corrected chi connectivity index (χ4v) is 1.71. The first-order chi connectivity index (χ1) is 6.70. The Hall–Kier alpha value is -1.18. The second-order valence-corrected chi connectivity index (χ2v) is 3.61. The van der Waals surface area contributed by atoms with Crippen molar-refractivity contribution in [2.24, 2.45) is 0 Å². The summed E-state index contributed by atoms with van der Waals surface area (Å²) in [5.41, 5.74) is 2.56. The Labute approximate surface area is 86.5 Å². The van der Waals surface area contributed by atoms with Crippen molar-refractivity contribution in [2.75, 3.05) is 26.1 Å². The number of rotatable bonds is 4. The van der Waals surface area contributed by atoms with Crippen molar-refractivity contribution in [2.45, 2.75) is 19.8 Å². The first-order valence-electron chi connectivity index (χ1n) is 5.04. The molecule has 1 rings (SSSR count). The van der Waals surface area contributed by atoms with Gasteiger partial charge in [0.15, 0.2) is 0 Å². The number of nitrogens with zero attached hydrogens (tertiary/aromatic N) is 1. The molecule has 0 fully saturated rings. The maximum atomic E-state index is 5.35. The lowest BCUT2D eigenvalue weighted by Crippen LogP contribution is -2.12. The number of anilines is 1. The predicted molar refractivity (Wildman–Crippen MR) is 61.3 cm³/mol. The average molecular weight is 193 g/mol. The van der Waals surface area contributed by atoms with E-state index in [9.17, 15) is 0 Å². The quantitative estimate of drug-likeness (QED) is 0.729. The van der Waals surface area contributed by atoms with Gasteiger partial charge in [-0.2, -0.15) is 0 Å². The summed E-state index contributed by atoms with van der Waals surface area (Å²) in [7, 11) is 5.83. The van der Waals surface area contributed by atoms with Gasteiger partial charge in [-0.1, -0.05) is 25.5 Å². The highest BCUT2D eigenvalue weighted by Gasteiger charge is 2.09. The van der Waals surface area contributed by atoms with E-state index in [-0.39, 0.29) is 0 Å². The first-order valence-corrected chi connectivity index (χ1v) is 5.04. The molecule has 0 heterocycles. The lowest BCUT2D eigenvalue weighted by Gasteiger charge is -2.20. The van der Waals surface area contributed by atoms with Crippen LogP contribution in [0.25, 0.3) is 0 Å². The molecule has 0 aliphatic rings. The summed E-state index contributed by atoms with van der Waals surface area (Å²) in [6.45, 7) is 2.19. The molecule has 0 aliphatic heterocycles. The Morgan fingerprint density at radius 1 is 1.29 bits per heavy atom. The number of hydrogen-bond donors (Lipinski definition) is 0. The van der Waals surface area contributed by atoms with E-state index < -0.39 is 0 Å². The van der Waals surface area contributed by atoms with Gasteiger partial charge in [-0.05, 0) is 18.1 Å². The van der Waals surface area contributed by atoms with Crippen LogP contribution < -0.4 is 9.64 Å². The van der Waals surface area contributed by atoms with E-state index in [1.807, 2.05) is 6.07 Å². The first kappa shape index (κ1) is 10.9. The van der Waals surface area contributed by atoms with Gasteiger partial charge in [0.25, 0.3) is 0 Å². The monoisotopic (exact) mass is 193 g/mol. The number of aryl methyl sites for hydroxylation is 1. The highest BCUT2D eigenvalue weighted by molar-refractivity contribution is 5.63. The number of ether oxygens (including phenoxy) is 1. The van der Waals surface area contributed by atoms with E-state index in [2.05, 4.69) is 38.1 Å². The van der Waals surface area contributed by atoms with Crippen LogP contribution in [0.2, 0.25) is 0 Å². The van der Waals surface area contributed by atoms with E-state index in [4.69, 9.17) is 4.74 Å². The largest absolute Gasteiger partial charge is 0.495 e. The minimum atomic E-state index is 0.959. The van der Waals surface area contributed by atoms with Crippen LogP contribution in [0.15, 0.2) is 18.2 Å². The molecule has 0 amide bonds. The molecule has 0 radical (unpaired) electrons. The van der Waals surface area contributed by atoms with Crippen LogP contribution in [0.4, 0.5) is 5.69 Å². The molecule has 0 N–H and O–H groups in total. The summed E-state index contributed by atoms with van der Waals surface area (Å²) < 4.78 is 5.35. The summed E-state index contributed by atoms with van der Waals surface area (Å²) in [6, 6.07) is 6.23. The van der Waals surface area contributed by atoms with Crippen LogP contribution in [0.1, 0.15) is 18.9 Å². The molecule has 0 atom stereocenters. The van der Waals surface area contributed by atoms with E-state index in [0.29, 0.717) is 0 Å². The number of methoxy groups -OCH3 is 1. The third kappa shape index (κ3) is 2.19. The molecule has 0 aliphatic carbocycles. The summed E-state index contributed by atoms with van der Waals surface area (Å²) >= 11 is 0. The summed E-state index contributed by atoms with van der Waals surface area (Å²) in [5, 5.41) is 0. The molecule has 2 nitrogen and oxygen atoms in total. The van der Waals surface area contributed by atoms with Crippen LogP contribution in [0, 0.1) is 0 Å². The molecule has 14 heavy (non-hydrogen) atoms. The van der Waals surface area contributed by atoms with Gasteiger partial charge in [0.05, 0.1) is 12.8 Å². The number of hydrogen-bond acceptors (Lipinski definition) is 2. The fourth-order valence-electron chi connectivity index (χ4n) is 1.71. The highest BCUT2D eigenvalue weighted by atomic mass is 16.5. The molecular weight excluding hydrogens is 174 g/mol. The molecule has 0 saturated heterocycles. The summed E-state index contributed by atoms with van der Waals surface area (Å²) in [6.07, 6.45) is 2.26. The average Bonchev–Trinajstić information content (AvgIpc) is 2.17. The van der Waals surface area contributed by atoms with Crippen LogP contribution in [-0.2, 0) is 6.42 Å². The zero-order valence-corrected chi connectivity index (χ0v) is 9.50. The zero-order valence-electron chi connectivity index (χ0n) is 9.50. The Kier molecular flexibility index (Phi) is 3.81. The molecule has 1 aromatic carbocycles. The molecule has 0 spiro atoms. The van der Waals surface area contributed by atoms with Crippen molar-refractivity contribution in [1.82, 2.24) is 0 Å². The molecular formula is C12H19NO. The minimum absolute atomic E-state index is 0.959. The second kappa shape index (κ2) is 4.89. The molecule has 0 saturated carbocycles. The third-order valence-corrected chi connectivity index (χ3v) is 2.27. The van der Waals surface area contributed by atoms with Gasteiger partial charge in [0, 0.05) is 14.1 Å². The third-order valence-electron chi connectivity index (χ3n) is 2.27. The molecule has 0 unspecified atom stereocenters. The Morgan fingerprint density at radius 2 is 2.00 bits per heavy atom. The van der Waals surface area contributed by atoms with Gasteiger partial charge in [0.1, 0.15) is 5.75 Å². The van der Waals surface area contributed by atoms with Gasteiger partial charge in [-0.15, -0.1) is 0 Å². The van der Waals surface area contributed by atoms with Crippen LogP contribution >= 0.6 is 0 Å². The molecule has 0 aromatic heterocycles. The standard InChI is InChI=1S/C12H19NO/c1-5-7-10-8-6-9-11(14-4)12(10)13(2)3/h6,8-9H,5,7H2,1-4H3. The maximum absolute atomic E-state index is 5.35. The van der Waals surface area contributed by atoms with E-state index >= 15 is 0 Å². The highest BCUT2D eigenvalue weighted by Crippen LogP contribution is 2.31. The van der Waals surface area contributed by atoms with Gasteiger partial charge >= 0.3 is 0 Å². The number of para-hydroxylation sites is 1. The van der Waals surface area contributed by atoms with E-state index in [1.54, 1.807) is 7.11 Å². The van der Waals surface area contributed by atoms with Crippen molar-refractivity contribution in [1.29, 1.82) is 0 Å². The molecule has 78 valence electrons. The topological polar surface area (TPSA) is 12.5 Å². The Bertz CT molecular complexity index is 294. The molecule has 0 bridgehead atoms. The normalized spacial score (nSPS) is 10.0. The summed E-state index contributed by atoms with van der Waals surface area (Å²) in [5.74, 6) is 0.959. The zero-order chi connectivity index (χ0) is 10.6. The smallest absolute Gasteiger partial charge is 0.142 e. The van der Waals surface area contributed by atoms with Crippen molar-refractivity contribution in [3.8, 4) is 5.75 Å². The van der Waals surface area contributed by atoms with Crippen LogP contribution in [0.3, 0.4) is 0 Å². The summed E-state index contributed by atoms with van der Waals surface area (Å²) in [4.78, 5) is 2.11. The lowest BCUT2D eigenvalue weighted by molar-refractivity contribution is 0.415. The number of benzene rings is 1. The van der Waals surface area contributed by atoms with Crippen molar-refractivity contribution < 1.29 is 4.74 Å². The van der Waals surface area contributed by atoms with Gasteiger partial charge in [0.2, 0.25) is 0 Å². The maximum Gasteiger partial charge on any atom is 0.142 e.